The third-order valence-electron chi connectivity index (χ3n) is 4.85. The molecular weight excluding hydrogens is 432 g/mol. The van der Waals surface area contributed by atoms with Gasteiger partial charge in [-0.25, -0.2) is 0 Å². The summed E-state index contributed by atoms with van der Waals surface area (Å²) in [5.74, 6) is 1.16. The van der Waals surface area contributed by atoms with Gasteiger partial charge in [-0.05, 0) is 30.3 Å². The second-order valence-electron chi connectivity index (χ2n) is 6.75. The Bertz CT molecular complexity index is 1050. The van der Waals surface area contributed by atoms with Gasteiger partial charge in [0.2, 0.25) is 5.91 Å². The van der Waals surface area contributed by atoms with Crippen molar-refractivity contribution in [2.45, 2.75) is 13.0 Å². The first-order valence-electron chi connectivity index (χ1n) is 9.24. The lowest BCUT2D eigenvalue weighted by atomic mass is 10.1. The summed E-state index contributed by atoms with van der Waals surface area (Å²) in [5, 5.41) is 2.84. The molecule has 2 aromatic carbocycles. The van der Waals surface area contributed by atoms with Gasteiger partial charge >= 0.3 is 0 Å². The molecule has 3 aromatic rings. The molecule has 2 amide bonds. The molecule has 0 bridgehead atoms. The van der Waals surface area contributed by atoms with E-state index in [4.69, 9.17) is 4.42 Å². The Labute approximate surface area is 177 Å². The maximum absolute atomic E-state index is 12.5. The molecule has 5 nitrogen and oxygen atoms in total. The molecule has 146 valence electrons. The van der Waals surface area contributed by atoms with Crippen LogP contribution in [-0.2, 0) is 11.3 Å². The Morgan fingerprint density at radius 2 is 1.76 bits per heavy atom. The first kappa shape index (κ1) is 19.2. The van der Waals surface area contributed by atoms with Crippen LogP contribution in [0.3, 0.4) is 0 Å². The van der Waals surface area contributed by atoms with E-state index in [9.17, 15) is 9.59 Å². The first-order chi connectivity index (χ1) is 14.0. The summed E-state index contributed by atoms with van der Waals surface area (Å²) >= 11 is 3.41. The molecule has 0 unspecified atom stereocenters. The lowest BCUT2D eigenvalue weighted by molar-refractivity contribution is -0.121. The second kappa shape index (κ2) is 8.09. The average Bonchev–Trinajstić information content (AvgIpc) is 3.30. The molecule has 0 saturated heterocycles. The molecule has 0 atom stereocenters. The van der Waals surface area contributed by atoms with Crippen molar-refractivity contribution in [3.05, 3.63) is 88.6 Å². The number of hydrogen-bond acceptors (Lipinski definition) is 3. The van der Waals surface area contributed by atoms with Crippen LogP contribution in [0.1, 0.15) is 28.1 Å². The van der Waals surface area contributed by atoms with E-state index in [2.05, 4.69) is 27.8 Å². The fourth-order valence-corrected chi connectivity index (χ4v) is 3.57. The summed E-state index contributed by atoms with van der Waals surface area (Å²) in [7, 11) is 0. The van der Waals surface area contributed by atoms with Gasteiger partial charge in [0.05, 0.1) is 6.54 Å². The molecule has 0 radical (unpaired) electrons. The third kappa shape index (κ3) is 4.03. The van der Waals surface area contributed by atoms with Crippen LogP contribution in [0.2, 0.25) is 0 Å². The number of carbonyl (C=O) groups excluding carboxylic acids is 2. The molecule has 2 heterocycles. The van der Waals surface area contributed by atoms with Crippen molar-refractivity contribution < 1.29 is 14.0 Å². The topological polar surface area (TPSA) is 62.6 Å². The van der Waals surface area contributed by atoms with Crippen LogP contribution >= 0.6 is 15.9 Å². The van der Waals surface area contributed by atoms with Crippen molar-refractivity contribution in [1.29, 1.82) is 0 Å². The largest absolute Gasteiger partial charge is 0.459 e. The number of halogens is 1. The summed E-state index contributed by atoms with van der Waals surface area (Å²) in [6, 6.07) is 18.9. The predicted octanol–water partition coefficient (Wildman–Crippen LogP) is 4.84. The fourth-order valence-electron chi connectivity index (χ4n) is 3.30. The summed E-state index contributed by atoms with van der Waals surface area (Å²) in [6.07, 6.45) is 0.193. The second-order valence-corrected chi connectivity index (χ2v) is 7.66. The summed E-state index contributed by atoms with van der Waals surface area (Å²) < 4.78 is 6.81. The monoisotopic (exact) mass is 450 g/mol. The SMILES string of the molecule is C=C1c2ccccc2C(=O)N1CCC(=O)NCc1ccc(-c2ccc(Br)cc2)o1. The van der Waals surface area contributed by atoms with E-state index < -0.39 is 0 Å². The van der Waals surface area contributed by atoms with Gasteiger partial charge in [0.1, 0.15) is 11.5 Å². The van der Waals surface area contributed by atoms with Gasteiger partial charge in [-0.3, -0.25) is 9.59 Å². The van der Waals surface area contributed by atoms with Crippen molar-refractivity contribution in [2.24, 2.45) is 0 Å². The van der Waals surface area contributed by atoms with Gasteiger partial charge in [0.25, 0.3) is 5.91 Å². The van der Waals surface area contributed by atoms with Crippen LogP contribution in [0.25, 0.3) is 17.0 Å². The van der Waals surface area contributed by atoms with Gasteiger partial charge in [-0.15, -0.1) is 0 Å². The summed E-state index contributed by atoms with van der Waals surface area (Å²) in [5.41, 5.74) is 3.07. The molecule has 4 rings (SSSR count). The lowest BCUT2D eigenvalue weighted by Crippen LogP contribution is -2.30. The minimum Gasteiger partial charge on any atom is -0.459 e. The molecule has 0 saturated carbocycles. The van der Waals surface area contributed by atoms with Gasteiger partial charge in [0, 0.05) is 39.8 Å². The van der Waals surface area contributed by atoms with E-state index >= 15 is 0 Å². The van der Waals surface area contributed by atoms with Crippen LogP contribution in [0, 0.1) is 0 Å². The van der Waals surface area contributed by atoms with E-state index in [1.807, 2.05) is 54.6 Å². The Balaban J connectivity index is 1.30. The van der Waals surface area contributed by atoms with Crippen LogP contribution in [0.15, 0.2) is 76.1 Å². The van der Waals surface area contributed by atoms with Crippen LogP contribution in [0.4, 0.5) is 0 Å². The highest BCUT2D eigenvalue weighted by Crippen LogP contribution is 2.31. The van der Waals surface area contributed by atoms with Crippen LogP contribution in [0.5, 0.6) is 0 Å². The molecule has 1 aliphatic heterocycles. The number of benzene rings is 2. The number of amides is 2. The molecule has 6 heteroatoms. The average molecular weight is 451 g/mol. The van der Waals surface area contributed by atoms with Crippen LogP contribution < -0.4 is 5.32 Å². The zero-order valence-corrected chi connectivity index (χ0v) is 17.2. The number of hydrogen-bond donors (Lipinski definition) is 1. The number of fused-ring (bicyclic) bond motifs is 1. The summed E-state index contributed by atoms with van der Waals surface area (Å²) in [4.78, 5) is 26.3. The number of rotatable bonds is 6. The normalized spacial score (nSPS) is 12.9. The highest BCUT2D eigenvalue weighted by atomic mass is 79.9. The maximum Gasteiger partial charge on any atom is 0.258 e. The molecule has 0 fully saturated rings. The molecule has 29 heavy (non-hydrogen) atoms. The highest BCUT2D eigenvalue weighted by molar-refractivity contribution is 9.10. The van der Waals surface area contributed by atoms with Crippen LogP contribution in [-0.4, -0.2) is 23.3 Å². The first-order valence-corrected chi connectivity index (χ1v) is 10.0. The molecular formula is C23H19BrN2O3. The highest BCUT2D eigenvalue weighted by Gasteiger charge is 2.30. The Morgan fingerprint density at radius 1 is 1.03 bits per heavy atom. The number of nitrogens with zero attached hydrogens (tertiary/aromatic N) is 1. The standard InChI is InChI=1S/C23H19BrN2O3/c1-15-19-4-2-3-5-20(19)23(28)26(15)13-12-22(27)25-14-18-10-11-21(29-18)16-6-8-17(24)9-7-16/h2-11H,1,12-14H2,(H,25,27). The van der Waals surface area contributed by atoms with Crippen molar-refractivity contribution in [1.82, 2.24) is 10.2 Å². The van der Waals surface area contributed by atoms with Gasteiger partial charge in [0.15, 0.2) is 0 Å². The van der Waals surface area contributed by atoms with E-state index in [-0.39, 0.29) is 18.2 Å². The molecule has 1 aromatic heterocycles. The smallest absolute Gasteiger partial charge is 0.258 e. The van der Waals surface area contributed by atoms with Gasteiger partial charge in [-0.2, -0.15) is 0 Å². The zero-order chi connectivity index (χ0) is 20.4. The van der Waals surface area contributed by atoms with Crippen molar-refractivity contribution in [3.8, 4) is 11.3 Å². The van der Waals surface area contributed by atoms with E-state index in [1.165, 1.54) is 0 Å². The Hall–Kier alpha value is -3.12. The van der Waals surface area contributed by atoms with Gasteiger partial charge < -0.3 is 14.6 Å². The van der Waals surface area contributed by atoms with Gasteiger partial charge in [-0.1, -0.05) is 52.8 Å². The molecule has 0 spiro atoms. The van der Waals surface area contributed by atoms with E-state index in [0.29, 0.717) is 30.1 Å². The number of nitrogens with one attached hydrogen (secondary N) is 1. The zero-order valence-electron chi connectivity index (χ0n) is 15.7. The lowest BCUT2D eigenvalue weighted by Gasteiger charge is -2.16. The van der Waals surface area contributed by atoms with E-state index in [0.717, 1.165) is 21.4 Å². The quantitative estimate of drug-likeness (QED) is 0.584. The minimum atomic E-state index is -0.150. The maximum atomic E-state index is 12.5. The number of furan rings is 1. The molecule has 1 N–H and O–H groups in total. The Kier molecular flexibility index (Phi) is 5.36. The Morgan fingerprint density at radius 3 is 2.48 bits per heavy atom. The van der Waals surface area contributed by atoms with Crippen molar-refractivity contribution in [3.63, 3.8) is 0 Å². The van der Waals surface area contributed by atoms with Crippen molar-refractivity contribution in [2.75, 3.05) is 6.54 Å². The van der Waals surface area contributed by atoms with E-state index in [1.54, 1.807) is 11.0 Å². The predicted molar refractivity (Wildman–Crippen MR) is 115 cm³/mol. The molecule has 0 aliphatic carbocycles. The van der Waals surface area contributed by atoms with Crippen molar-refractivity contribution >= 4 is 33.4 Å². The minimum absolute atomic E-state index is 0.108. The molecule has 1 aliphatic rings. The summed E-state index contributed by atoms with van der Waals surface area (Å²) in [6.45, 7) is 4.58. The fraction of sp³-hybridized carbons (Fsp3) is 0.130. The number of carbonyl (C=O) groups is 2. The third-order valence-corrected chi connectivity index (χ3v) is 5.38.